The van der Waals surface area contributed by atoms with Gasteiger partial charge >= 0.3 is 0 Å². The molecule has 1 heterocycles. The minimum absolute atomic E-state index is 0.837. The lowest BCUT2D eigenvalue weighted by Gasteiger charge is -2.04. The molecule has 0 unspecified atom stereocenters. The van der Waals surface area contributed by atoms with Gasteiger partial charge in [0.25, 0.3) is 0 Å². The Morgan fingerprint density at radius 3 is 2.53 bits per heavy atom. The summed E-state index contributed by atoms with van der Waals surface area (Å²) >= 11 is 0. The highest BCUT2D eigenvalue weighted by Crippen LogP contribution is 2.25. The Morgan fingerprint density at radius 1 is 1.20 bits per heavy atom. The summed E-state index contributed by atoms with van der Waals surface area (Å²) in [6.45, 7) is 4.04. The number of hydrogen-bond acceptors (Lipinski definition) is 2. The minimum atomic E-state index is 0.837. The van der Waals surface area contributed by atoms with Crippen molar-refractivity contribution in [3.8, 4) is 11.3 Å². The van der Waals surface area contributed by atoms with E-state index in [9.17, 15) is 0 Å². The lowest BCUT2D eigenvalue weighted by Crippen LogP contribution is -1.92. The largest absolute Gasteiger partial charge is 0.461 e. The summed E-state index contributed by atoms with van der Waals surface area (Å²) in [5.41, 5.74) is 8.99. The fourth-order valence-electron chi connectivity index (χ4n) is 1.66. The molecule has 0 spiro atoms. The first kappa shape index (κ1) is 9.84. The number of nitrogens with two attached hydrogens (primary N) is 1. The van der Waals surface area contributed by atoms with Crippen molar-refractivity contribution in [1.29, 1.82) is 0 Å². The maximum absolute atomic E-state index is 5.93. The number of rotatable bonds is 2. The van der Waals surface area contributed by atoms with E-state index in [2.05, 4.69) is 13.0 Å². The number of anilines is 1. The van der Waals surface area contributed by atoms with Crippen LogP contribution in [0.2, 0.25) is 0 Å². The number of nitrogen functional groups attached to an aromatic ring is 1. The molecule has 2 nitrogen and oxygen atoms in total. The number of aryl methyl sites for hydroxylation is 2. The van der Waals surface area contributed by atoms with Crippen molar-refractivity contribution in [1.82, 2.24) is 0 Å². The van der Waals surface area contributed by atoms with Gasteiger partial charge in [0, 0.05) is 11.3 Å². The molecule has 0 aliphatic carbocycles. The van der Waals surface area contributed by atoms with Crippen LogP contribution in [0.15, 0.2) is 34.7 Å². The first-order valence-electron chi connectivity index (χ1n) is 5.16. The third-order valence-corrected chi connectivity index (χ3v) is 2.55. The normalized spacial score (nSPS) is 10.5. The second kappa shape index (κ2) is 3.81. The van der Waals surface area contributed by atoms with Gasteiger partial charge in [-0.25, -0.2) is 0 Å². The zero-order valence-corrected chi connectivity index (χ0v) is 9.08. The molecule has 0 saturated carbocycles. The van der Waals surface area contributed by atoms with Gasteiger partial charge in [-0.15, -0.1) is 0 Å². The summed E-state index contributed by atoms with van der Waals surface area (Å²) in [6.07, 6.45) is 0.962. The Balaban J connectivity index is 2.42. The van der Waals surface area contributed by atoms with Crippen LogP contribution in [-0.4, -0.2) is 0 Å². The number of hydrogen-bond donors (Lipinski definition) is 1. The second-order valence-electron chi connectivity index (χ2n) is 3.68. The molecule has 0 amide bonds. The molecule has 2 N–H and O–H groups in total. The van der Waals surface area contributed by atoms with E-state index in [0.29, 0.717) is 0 Å². The zero-order chi connectivity index (χ0) is 10.8. The molecule has 0 bridgehead atoms. The highest BCUT2D eigenvalue weighted by molar-refractivity contribution is 5.65. The molecular weight excluding hydrogens is 186 g/mol. The van der Waals surface area contributed by atoms with Crippen LogP contribution in [0.4, 0.5) is 5.69 Å². The first-order valence-corrected chi connectivity index (χ1v) is 5.16. The fourth-order valence-corrected chi connectivity index (χ4v) is 1.66. The molecule has 15 heavy (non-hydrogen) atoms. The van der Waals surface area contributed by atoms with Gasteiger partial charge in [-0.2, -0.15) is 0 Å². The van der Waals surface area contributed by atoms with Crippen LogP contribution in [0.3, 0.4) is 0 Å². The van der Waals surface area contributed by atoms with Crippen molar-refractivity contribution in [2.75, 3.05) is 5.73 Å². The average molecular weight is 201 g/mol. The Morgan fingerprint density at radius 2 is 2.00 bits per heavy atom. The van der Waals surface area contributed by atoms with Crippen LogP contribution >= 0.6 is 0 Å². The van der Waals surface area contributed by atoms with E-state index in [1.54, 1.807) is 0 Å². The molecule has 0 saturated heterocycles. The van der Waals surface area contributed by atoms with Gasteiger partial charge in [0.1, 0.15) is 11.5 Å². The third kappa shape index (κ3) is 1.89. The van der Waals surface area contributed by atoms with Gasteiger partial charge in [0.2, 0.25) is 0 Å². The van der Waals surface area contributed by atoms with Crippen LogP contribution in [0, 0.1) is 6.92 Å². The van der Waals surface area contributed by atoms with Crippen LogP contribution in [0.1, 0.15) is 18.2 Å². The Hall–Kier alpha value is -1.70. The topological polar surface area (TPSA) is 39.2 Å². The minimum Gasteiger partial charge on any atom is -0.461 e. The number of furan rings is 1. The summed E-state index contributed by atoms with van der Waals surface area (Å²) in [4.78, 5) is 0. The maximum atomic E-state index is 5.93. The van der Waals surface area contributed by atoms with Gasteiger partial charge in [0.05, 0.1) is 0 Å². The van der Waals surface area contributed by atoms with Crippen molar-refractivity contribution in [2.24, 2.45) is 0 Å². The molecule has 2 rings (SSSR count). The van der Waals surface area contributed by atoms with Gasteiger partial charge in [-0.05, 0) is 37.1 Å². The molecule has 0 aliphatic rings. The molecule has 0 fully saturated rings. The van der Waals surface area contributed by atoms with Gasteiger partial charge in [-0.1, -0.05) is 19.1 Å². The van der Waals surface area contributed by atoms with E-state index in [0.717, 1.165) is 29.2 Å². The number of benzene rings is 1. The highest BCUT2D eigenvalue weighted by atomic mass is 16.3. The Kier molecular flexibility index (Phi) is 2.50. The zero-order valence-electron chi connectivity index (χ0n) is 9.08. The summed E-state index contributed by atoms with van der Waals surface area (Å²) in [5.74, 6) is 1.80. The van der Waals surface area contributed by atoms with E-state index in [1.807, 2.05) is 31.2 Å². The summed E-state index contributed by atoms with van der Waals surface area (Å²) < 4.78 is 5.54. The molecule has 2 aromatic rings. The lowest BCUT2D eigenvalue weighted by molar-refractivity contribution is 0.548. The highest BCUT2D eigenvalue weighted by Gasteiger charge is 2.04. The van der Waals surface area contributed by atoms with Gasteiger partial charge < -0.3 is 10.2 Å². The maximum Gasteiger partial charge on any atom is 0.134 e. The predicted octanol–water partition coefficient (Wildman–Crippen LogP) is 3.40. The van der Waals surface area contributed by atoms with Gasteiger partial charge in [0.15, 0.2) is 0 Å². The van der Waals surface area contributed by atoms with E-state index >= 15 is 0 Å². The molecule has 0 aliphatic heterocycles. The summed E-state index contributed by atoms with van der Waals surface area (Å²) in [5, 5.41) is 0. The standard InChI is InChI=1S/C13H15NO/c1-3-10-5-6-11(8-12(10)14)13-7-4-9(2)15-13/h4-8H,3,14H2,1-2H3. The SMILES string of the molecule is CCc1ccc(-c2ccc(C)o2)cc1N. The van der Waals surface area contributed by atoms with Crippen molar-refractivity contribution in [2.45, 2.75) is 20.3 Å². The smallest absolute Gasteiger partial charge is 0.134 e. The lowest BCUT2D eigenvalue weighted by atomic mass is 10.1. The quantitative estimate of drug-likeness (QED) is 0.756. The second-order valence-corrected chi connectivity index (χ2v) is 3.68. The van der Waals surface area contributed by atoms with E-state index in [1.165, 1.54) is 5.56 Å². The van der Waals surface area contributed by atoms with E-state index in [-0.39, 0.29) is 0 Å². The molecule has 0 radical (unpaired) electrons. The summed E-state index contributed by atoms with van der Waals surface area (Å²) in [7, 11) is 0. The molecule has 0 atom stereocenters. The van der Waals surface area contributed by atoms with Crippen LogP contribution in [0.5, 0.6) is 0 Å². The Labute approximate surface area is 89.7 Å². The average Bonchev–Trinajstić information content (AvgIpc) is 2.65. The van der Waals surface area contributed by atoms with Crippen molar-refractivity contribution in [3.05, 3.63) is 41.7 Å². The van der Waals surface area contributed by atoms with Crippen LogP contribution in [-0.2, 0) is 6.42 Å². The van der Waals surface area contributed by atoms with E-state index in [4.69, 9.17) is 10.2 Å². The first-order chi connectivity index (χ1) is 7.20. The van der Waals surface area contributed by atoms with Crippen molar-refractivity contribution < 1.29 is 4.42 Å². The van der Waals surface area contributed by atoms with E-state index < -0.39 is 0 Å². The van der Waals surface area contributed by atoms with Crippen molar-refractivity contribution >= 4 is 5.69 Å². The molecule has 1 aromatic carbocycles. The fraction of sp³-hybridized carbons (Fsp3) is 0.231. The van der Waals surface area contributed by atoms with Crippen LogP contribution < -0.4 is 5.73 Å². The predicted molar refractivity (Wildman–Crippen MR) is 62.7 cm³/mol. The molecule has 2 heteroatoms. The Bertz CT molecular complexity index is 471. The molecule has 78 valence electrons. The summed E-state index contributed by atoms with van der Waals surface area (Å²) in [6, 6.07) is 10.0. The third-order valence-electron chi connectivity index (χ3n) is 2.55. The van der Waals surface area contributed by atoms with Crippen LogP contribution in [0.25, 0.3) is 11.3 Å². The van der Waals surface area contributed by atoms with Crippen molar-refractivity contribution in [3.63, 3.8) is 0 Å². The monoisotopic (exact) mass is 201 g/mol. The molecular formula is C13H15NO. The van der Waals surface area contributed by atoms with Gasteiger partial charge in [-0.3, -0.25) is 0 Å². The molecule has 1 aromatic heterocycles.